The van der Waals surface area contributed by atoms with E-state index in [1.54, 1.807) is 0 Å². The zero-order chi connectivity index (χ0) is 13.4. The molecule has 0 radical (unpaired) electrons. The number of halogens is 1. The first-order valence-electron chi connectivity index (χ1n) is 6.93. The van der Waals surface area contributed by atoms with E-state index < -0.39 is 0 Å². The first-order chi connectivity index (χ1) is 7.57. The van der Waals surface area contributed by atoms with Crippen LogP contribution in [-0.2, 0) is 0 Å². The molecule has 1 rings (SSSR count). The Morgan fingerprint density at radius 3 is 2.06 bits per heavy atom. The van der Waals surface area contributed by atoms with Crippen molar-refractivity contribution in [3.05, 3.63) is 11.6 Å². The van der Waals surface area contributed by atoms with E-state index in [9.17, 15) is 0 Å². The summed E-state index contributed by atoms with van der Waals surface area (Å²) in [6, 6.07) is 0. The minimum absolute atomic E-state index is 0.198. The monoisotopic (exact) mass is 256 g/mol. The molecule has 0 saturated heterocycles. The Kier molecular flexibility index (Phi) is 4.40. The van der Waals surface area contributed by atoms with Gasteiger partial charge in [-0.3, -0.25) is 0 Å². The summed E-state index contributed by atoms with van der Waals surface area (Å²) in [7, 11) is 0. The second kappa shape index (κ2) is 4.96. The smallest absolute Gasteiger partial charge is 0.0583 e. The second-order valence-electron chi connectivity index (χ2n) is 7.65. The van der Waals surface area contributed by atoms with Gasteiger partial charge in [-0.1, -0.05) is 60.1 Å². The molecule has 0 heterocycles. The molecule has 0 aromatic carbocycles. The molecule has 3 unspecified atom stereocenters. The molecule has 17 heavy (non-hydrogen) atoms. The van der Waals surface area contributed by atoms with Gasteiger partial charge in [-0.05, 0) is 35.5 Å². The van der Waals surface area contributed by atoms with Gasteiger partial charge in [-0.2, -0.15) is 0 Å². The zero-order valence-electron chi connectivity index (χ0n) is 12.6. The second-order valence-corrected chi connectivity index (χ2v) is 8.12. The van der Waals surface area contributed by atoms with Crippen LogP contribution < -0.4 is 0 Å². The predicted molar refractivity (Wildman–Crippen MR) is 78.5 cm³/mol. The van der Waals surface area contributed by atoms with E-state index in [1.165, 1.54) is 18.4 Å². The molecule has 3 atom stereocenters. The van der Waals surface area contributed by atoms with Crippen LogP contribution in [0.15, 0.2) is 11.6 Å². The van der Waals surface area contributed by atoms with Crippen LogP contribution in [0.2, 0.25) is 0 Å². The number of alkyl halides is 1. The van der Waals surface area contributed by atoms with E-state index >= 15 is 0 Å². The Morgan fingerprint density at radius 1 is 1.18 bits per heavy atom. The summed E-state index contributed by atoms with van der Waals surface area (Å²) in [6.45, 7) is 16.1. The third-order valence-corrected chi connectivity index (χ3v) is 4.66. The molecule has 0 bridgehead atoms. The first kappa shape index (κ1) is 15.1. The van der Waals surface area contributed by atoms with E-state index in [1.807, 2.05) is 0 Å². The predicted octanol–water partition coefficient (Wildman–Crippen LogP) is 5.66. The topological polar surface area (TPSA) is 0 Å². The summed E-state index contributed by atoms with van der Waals surface area (Å²) in [5.41, 5.74) is 1.95. The number of hydrogen-bond acceptors (Lipinski definition) is 0. The maximum Gasteiger partial charge on any atom is 0.0583 e. The van der Waals surface area contributed by atoms with Crippen molar-refractivity contribution in [1.82, 2.24) is 0 Å². The molecule has 0 aliphatic heterocycles. The fraction of sp³-hybridized carbons (Fsp3) is 0.875. The number of hydrogen-bond donors (Lipinski definition) is 0. The van der Waals surface area contributed by atoms with Gasteiger partial charge in [-0.15, -0.1) is 11.6 Å². The largest absolute Gasteiger partial charge is 0.118 e. The zero-order valence-corrected chi connectivity index (χ0v) is 13.4. The third-order valence-electron chi connectivity index (χ3n) is 4.13. The number of allylic oxidation sites excluding steroid dienone is 2. The maximum absolute atomic E-state index is 6.77. The Morgan fingerprint density at radius 2 is 1.71 bits per heavy atom. The average Bonchev–Trinajstić information content (AvgIpc) is 2.14. The van der Waals surface area contributed by atoms with Crippen molar-refractivity contribution in [2.24, 2.45) is 22.7 Å². The fourth-order valence-electron chi connectivity index (χ4n) is 2.82. The van der Waals surface area contributed by atoms with Crippen LogP contribution in [-0.4, -0.2) is 5.38 Å². The van der Waals surface area contributed by atoms with Crippen molar-refractivity contribution in [2.45, 2.75) is 66.7 Å². The van der Waals surface area contributed by atoms with E-state index in [0.717, 1.165) is 0 Å². The summed E-state index contributed by atoms with van der Waals surface area (Å²) < 4.78 is 0. The van der Waals surface area contributed by atoms with E-state index in [2.05, 4.69) is 54.5 Å². The van der Waals surface area contributed by atoms with Crippen LogP contribution in [0.3, 0.4) is 0 Å². The third kappa shape index (κ3) is 3.50. The normalized spacial score (nSPS) is 31.3. The lowest BCUT2D eigenvalue weighted by atomic mass is 9.65. The molecule has 100 valence electrons. The van der Waals surface area contributed by atoms with Crippen molar-refractivity contribution in [2.75, 3.05) is 0 Å². The van der Waals surface area contributed by atoms with Crippen LogP contribution in [0.25, 0.3) is 0 Å². The van der Waals surface area contributed by atoms with Crippen LogP contribution in [0.4, 0.5) is 0 Å². The Hall–Kier alpha value is 0.0300. The van der Waals surface area contributed by atoms with Crippen LogP contribution in [0, 0.1) is 22.7 Å². The standard InChI is InChI=1S/C16H29Cl/c1-8-11-9-12(15(2,3)4)14(17)13(10-11)16(5,6)7/h9,11,13-14H,8,10H2,1-7H3. The highest BCUT2D eigenvalue weighted by atomic mass is 35.5. The van der Waals surface area contributed by atoms with E-state index in [4.69, 9.17) is 11.6 Å². The molecule has 0 fully saturated rings. The van der Waals surface area contributed by atoms with Gasteiger partial charge >= 0.3 is 0 Å². The number of rotatable bonds is 1. The lowest BCUT2D eigenvalue weighted by Gasteiger charge is -2.44. The first-order valence-corrected chi connectivity index (χ1v) is 7.37. The molecule has 0 nitrogen and oxygen atoms in total. The van der Waals surface area contributed by atoms with Crippen molar-refractivity contribution in [3.63, 3.8) is 0 Å². The van der Waals surface area contributed by atoms with Gasteiger partial charge in [0.05, 0.1) is 5.38 Å². The highest BCUT2D eigenvalue weighted by Crippen LogP contribution is 2.47. The molecular formula is C16H29Cl. The fourth-order valence-corrected chi connectivity index (χ4v) is 3.70. The molecule has 0 spiro atoms. The Labute approximate surface area is 113 Å². The van der Waals surface area contributed by atoms with Gasteiger partial charge < -0.3 is 0 Å². The van der Waals surface area contributed by atoms with Gasteiger partial charge in [-0.25, -0.2) is 0 Å². The minimum Gasteiger partial charge on any atom is -0.118 e. The maximum atomic E-state index is 6.77. The molecular weight excluding hydrogens is 228 g/mol. The van der Waals surface area contributed by atoms with Crippen LogP contribution >= 0.6 is 11.6 Å². The van der Waals surface area contributed by atoms with Crippen molar-refractivity contribution in [3.8, 4) is 0 Å². The molecule has 0 aromatic rings. The molecule has 1 aliphatic carbocycles. The molecule has 0 saturated carbocycles. The summed E-state index contributed by atoms with van der Waals surface area (Å²) in [5.74, 6) is 1.30. The summed E-state index contributed by atoms with van der Waals surface area (Å²) in [4.78, 5) is 0. The van der Waals surface area contributed by atoms with Gasteiger partial charge in [0.2, 0.25) is 0 Å². The lowest BCUT2D eigenvalue weighted by Crippen LogP contribution is -2.38. The summed E-state index contributed by atoms with van der Waals surface area (Å²) in [5, 5.41) is 0.206. The van der Waals surface area contributed by atoms with Crippen molar-refractivity contribution in [1.29, 1.82) is 0 Å². The van der Waals surface area contributed by atoms with Crippen molar-refractivity contribution < 1.29 is 0 Å². The molecule has 0 aromatic heterocycles. The lowest BCUT2D eigenvalue weighted by molar-refractivity contribution is 0.186. The van der Waals surface area contributed by atoms with Gasteiger partial charge in [0.1, 0.15) is 0 Å². The van der Waals surface area contributed by atoms with Gasteiger partial charge in [0.25, 0.3) is 0 Å². The average molecular weight is 257 g/mol. The van der Waals surface area contributed by atoms with E-state index in [-0.39, 0.29) is 10.8 Å². The van der Waals surface area contributed by atoms with Gasteiger partial charge in [0, 0.05) is 0 Å². The highest BCUT2D eigenvalue weighted by Gasteiger charge is 2.40. The van der Waals surface area contributed by atoms with Gasteiger partial charge in [0.15, 0.2) is 0 Å². The minimum atomic E-state index is 0.198. The van der Waals surface area contributed by atoms with Crippen LogP contribution in [0.1, 0.15) is 61.3 Å². The summed E-state index contributed by atoms with van der Waals surface area (Å²) >= 11 is 6.77. The SMILES string of the molecule is CCC1C=C(C(C)(C)C)C(Cl)C(C(C)(C)C)C1. The highest BCUT2D eigenvalue weighted by molar-refractivity contribution is 6.22. The molecule has 1 aliphatic rings. The Bertz CT molecular complexity index is 288. The molecule has 0 N–H and O–H groups in total. The summed E-state index contributed by atoms with van der Waals surface area (Å²) in [6.07, 6.45) is 4.93. The molecule has 0 amide bonds. The quantitative estimate of drug-likeness (QED) is 0.420. The van der Waals surface area contributed by atoms with Crippen molar-refractivity contribution >= 4 is 11.6 Å². The molecule has 1 heteroatoms. The Balaban J connectivity index is 3.09. The van der Waals surface area contributed by atoms with E-state index in [0.29, 0.717) is 17.3 Å². The van der Waals surface area contributed by atoms with Crippen LogP contribution in [0.5, 0.6) is 0 Å².